The molecule has 0 atom stereocenters. The lowest BCUT2D eigenvalue weighted by atomic mass is 9.90. The Morgan fingerprint density at radius 2 is 0.639 bits per heavy atom. The molecular formula is C68H50F2N2. The van der Waals surface area contributed by atoms with Gasteiger partial charge >= 0.3 is 0 Å². The van der Waals surface area contributed by atoms with Crippen molar-refractivity contribution in [3.63, 3.8) is 0 Å². The molecule has 72 heavy (non-hydrogen) atoms. The van der Waals surface area contributed by atoms with Crippen LogP contribution in [0.2, 0.25) is 0 Å². The molecule has 0 saturated heterocycles. The predicted octanol–water partition coefficient (Wildman–Crippen LogP) is 19.7. The lowest BCUT2D eigenvalue weighted by molar-refractivity contribution is 0.629. The average Bonchev–Trinajstić information content (AvgIpc) is 3.42. The van der Waals surface area contributed by atoms with Gasteiger partial charge in [0, 0.05) is 33.3 Å². The van der Waals surface area contributed by atoms with E-state index in [-0.39, 0.29) is 11.6 Å². The highest BCUT2D eigenvalue weighted by Crippen LogP contribution is 2.52. The van der Waals surface area contributed by atoms with Gasteiger partial charge in [0.2, 0.25) is 0 Å². The molecule has 12 aromatic carbocycles. The van der Waals surface area contributed by atoms with Crippen LogP contribution >= 0.6 is 0 Å². The van der Waals surface area contributed by atoms with Crippen LogP contribution in [0.3, 0.4) is 0 Å². The van der Waals surface area contributed by atoms with E-state index in [9.17, 15) is 0 Å². The van der Waals surface area contributed by atoms with E-state index < -0.39 is 0 Å². The molecule has 0 spiro atoms. The fourth-order valence-electron chi connectivity index (χ4n) is 10.7. The lowest BCUT2D eigenvalue weighted by Gasteiger charge is -2.33. The molecule has 12 rings (SSSR count). The highest BCUT2D eigenvalue weighted by atomic mass is 19.1. The first-order chi connectivity index (χ1) is 35.2. The molecule has 0 unspecified atom stereocenters. The largest absolute Gasteiger partial charge is 0.306 e. The van der Waals surface area contributed by atoms with Gasteiger partial charge in [-0.15, -0.1) is 0 Å². The Hall–Kier alpha value is -8.86. The van der Waals surface area contributed by atoms with Crippen LogP contribution in [0.5, 0.6) is 0 Å². The number of hydrogen-bond donors (Lipinski definition) is 0. The fourth-order valence-corrected chi connectivity index (χ4v) is 10.7. The van der Waals surface area contributed by atoms with Crippen LogP contribution in [-0.4, -0.2) is 0 Å². The molecule has 4 heteroatoms. The summed E-state index contributed by atoms with van der Waals surface area (Å²) in [6, 6.07) is 78.0. The molecule has 0 bridgehead atoms. The summed E-state index contributed by atoms with van der Waals surface area (Å²) < 4.78 is 35.8. The van der Waals surface area contributed by atoms with Crippen molar-refractivity contribution >= 4 is 66.4 Å². The Morgan fingerprint density at radius 3 is 1.01 bits per heavy atom. The topological polar surface area (TPSA) is 6.48 Å². The van der Waals surface area contributed by atoms with E-state index in [0.29, 0.717) is 11.4 Å². The van der Waals surface area contributed by atoms with Gasteiger partial charge in [-0.1, -0.05) is 182 Å². The van der Waals surface area contributed by atoms with Gasteiger partial charge in [0.1, 0.15) is 11.6 Å². The van der Waals surface area contributed by atoms with Crippen LogP contribution in [0.4, 0.5) is 42.9 Å². The summed E-state index contributed by atoms with van der Waals surface area (Å²) >= 11 is 0. The molecule has 0 saturated carbocycles. The minimum atomic E-state index is -0.331. The summed E-state index contributed by atoms with van der Waals surface area (Å²) in [5.74, 6) is -0.662. The minimum Gasteiger partial charge on any atom is -0.306 e. The van der Waals surface area contributed by atoms with Gasteiger partial charge in [0.05, 0.1) is 22.7 Å². The second-order valence-corrected chi connectivity index (χ2v) is 19.0. The summed E-state index contributed by atoms with van der Waals surface area (Å²) in [6.45, 7) is 8.37. The smallest absolute Gasteiger partial charge is 0.148 e. The highest BCUT2D eigenvalue weighted by Gasteiger charge is 2.29. The molecule has 0 aromatic heterocycles. The van der Waals surface area contributed by atoms with Crippen molar-refractivity contribution in [3.8, 4) is 44.5 Å². The van der Waals surface area contributed by atoms with Gasteiger partial charge < -0.3 is 9.80 Å². The number of rotatable bonds is 10. The van der Waals surface area contributed by atoms with Crippen molar-refractivity contribution in [2.45, 2.75) is 27.7 Å². The number of benzene rings is 12. The zero-order valence-electron chi connectivity index (χ0n) is 40.6. The normalized spacial score (nSPS) is 11.5. The Balaban J connectivity index is 1.15. The summed E-state index contributed by atoms with van der Waals surface area (Å²) in [6.07, 6.45) is 0. The van der Waals surface area contributed by atoms with E-state index in [1.54, 1.807) is 12.1 Å². The summed E-state index contributed by atoms with van der Waals surface area (Å²) in [7, 11) is 0. The van der Waals surface area contributed by atoms with Crippen molar-refractivity contribution in [3.05, 3.63) is 264 Å². The second kappa shape index (κ2) is 18.1. The molecule has 0 N–H and O–H groups in total. The zero-order valence-corrected chi connectivity index (χ0v) is 40.6. The number of anilines is 6. The fraction of sp³-hybridized carbons (Fsp3) is 0.0588. The molecule has 0 aliphatic heterocycles. The number of halogens is 2. The molecule has 0 amide bonds. The highest BCUT2D eigenvalue weighted by molar-refractivity contribution is 6.28. The quantitative estimate of drug-likeness (QED) is 0.126. The van der Waals surface area contributed by atoms with E-state index in [4.69, 9.17) is 0 Å². The Bertz CT molecular complexity index is 3720. The molecule has 12 aromatic rings. The van der Waals surface area contributed by atoms with Crippen LogP contribution < -0.4 is 9.80 Å². The number of hydrogen-bond acceptors (Lipinski definition) is 2. The van der Waals surface area contributed by atoms with Gasteiger partial charge in [-0.05, 0) is 153 Å². The Labute approximate surface area is 419 Å². The molecule has 2 nitrogen and oxygen atoms in total. The SMILES string of the molecule is Cc1ccc(C)c(N(c2c(F)cc(-c3ccccc3)cc2-c2ccccc2)c2ccc3ccc4c(N(c5cc(C)ccc5C)c5c(F)cc(-c6ccccc6)cc5-c5ccccc5)ccc5ccc2c3c54)c1. The van der Waals surface area contributed by atoms with Crippen molar-refractivity contribution in [1.82, 2.24) is 0 Å². The number of nitrogens with zero attached hydrogens (tertiary/aromatic N) is 2. The van der Waals surface area contributed by atoms with Crippen LogP contribution in [0.25, 0.3) is 76.8 Å². The van der Waals surface area contributed by atoms with Gasteiger partial charge in [0.25, 0.3) is 0 Å². The average molecular weight is 933 g/mol. The van der Waals surface area contributed by atoms with E-state index in [1.807, 2.05) is 97.1 Å². The molecular weight excluding hydrogens is 883 g/mol. The zero-order chi connectivity index (χ0) is 49.0. The van der Waals surface area contributed by atoms with Gasteiger partial charge in [0.15, 0.2) is 0 Å². The molecule has 0 fully saturated rings. The molecule has 346 valence electrons. The van der Waals surface area contributed by atoms with Crippen LogP contribution in [0.15, 0.2) is 231 Å². The van der Waals surface area contributed by atoms with Crippen LogP contribution in [0, 0.1) is 39.3 Å². The third-order valence-corrected chi connectivity index (χ3v) is 14.3. The maximum atomic E-state index is 17.9. The summed E-state index contributed by atoms with van der Waals surface area (Å²) in [4.78, 5) is 4.28. The van der Waals surface area contributed by atoms with E-state index >= 15 is 8.78 Å². The van der Waals surface area contributed by atoms with E-state index in [1.165, 1.54) is 0 Å². The first-order valence-corrected chi connectivity index (χ1v) is 24.5. The maximum Gasteiger partial charge on any atom is 0.148 e. The van der Waals surface area contributed by atoms with Crippen LogP contribution in [0.1, 0.15) is 22.3 Å². The van der Waals surface area contributed by atoms with Crippen LogP contribution in [-0.2, 0) is 0 Å². The van der Waals surface area contributed by atoms with Crippen molar-refractivity contribution in [2.75, 3.05) is 9.80 Å². The van der Waals surface area contributed by atoms with Gasteiger partial charge in [-0.2, -0.15) is 0 Å². The third-order valence-electron chi connectivity index (χ3n) is 14.3. The first kappa shape index (κ1) is 44.4. The van der Waals surface area contributed by atoms with Gasteiger partial charge in [-0.3, -0.25) is 0 Å². The van der Waals surface area contributed by atoms with E-state index in [2.05, 4.69) is 159 Å². The van der Waals surface area contributed by atoms with Crippen molar-refractivity contribution in [2.24, 2.45) is 0 Å². The second-order valence-electron chi connectivity index (χ2n) is 19.0. The summed E-state index contributed by atoms with van der Waals surface area (Å²) in [5.41, 5.74) is 15.4. The monoisotopic (exact) mass is 932 g/mol. The van der Waals surface area contributed by atoms with E-state index in [0.717, 1.165) is 122 Å². The standard InChI is InChI=1S/C68H50F2N2/c1-43-25-27-45(3)63(37-43)71(67-57(49-21-13-7-14-22-49)39-53(41-59(67)69)47-17-9-5-10-18-47)61-35-31-51-30-34-56-62(36-32-52-29-33-55(61)65(51)66(52)56)72(64-38-44(2)26-28-46(64)4)68-58(50-23-15-8-16-24-50)40-54(42-60(68)70)48-19-11-6-12-20-48/h5-42H,1-4H3. The molecule has 0 aliphatic carbocycles. The number of aryl methyl sites for hydroxylation is 4. The maximum absolute atomic E-state index is 17.9. The lowest BCUT2D eigenvalue weighted by Crippen LogP contribution is -2.16. The minimum absolute atomic E-state index is 0.331. The van der Waals surface area contributed by atoms with Gasteiger partial charge in [-0.25, -0.2) is 8.78 Å². The Kier molecular flexibility index (Phi) is 11.2. The molecule has 0 aliphatic rings. The summed E-state index contributed by atoms with van der Waals surface area (Å²) in [5, 5.41) is 6.13. The van der Waals surface area contributed by atoms with Crippen molar-refractivity contribution in [1.29, 1.82) is 0 Å². The predicted molar refractivity (Wildman–Crippen MR) is 300 cm³/mol. The third kappa shape index (κ3) is 7.73. The molecule has 0 heterocycles. The van der Waals surface area contributed by atoms with Crippen molar-refractivity contribution < 1.29 is 8.78 Å². The first-order valence-electron chi connectivity index (χ1n) is 24.5. The Morgan fingerprint density at radius 1 is 0.292 bits per heavy atom. The molecule has 0 radical (unpaired) electrons.